The molecule has 1 aliphatic rings. The molecule has 5 aromatic carbocycles. The molecule has 1 heterocycles. The van der Waals surface area contributed by atoms with Gasteiger partial charge in [-0.1, -0.05) is 152 Å². The Morgan fingerprint density at radius 3 is 1.44 bits per heavy atom. The van der Waals surface area contributed by atoms with E-state index in [0.29, 0.717) is 11.2 Å². The molecule has 2 unspecified atom stereocenters. The van der Waals surface area contributed by atoms with Crippen LogP contribution in [0, 0.1) is 0 Å². The molecule has 41 heavy (non-hydrogen) atoms. The van der Waals surface area contributed by atoms with Gasteiger partial charge in [-0.2, -0.15) is 0 Å². The molecule has 1 fully saturated rings. The third-order valence-corrected chi connectivity index (χ3v) is 10.2. The van der Waals surface area contributed by atoms with E-state index in [1.165, 1.54) is 27.8 Å². The Morgan fingerprint density at radius 2 is 1.02 bits per heavy atom. The van der Waals surface area contributed by atoms with Gasteiger partial charge < -0.3 is 5.32 Å². The maximum Gasteiger partial charge on any atom is 0.0910 e. The van der Waals surface area contributed by atoms with Crippen LogP contribution < -0.4 is 5.32 Å². The molecule has 0 aliphatic carbocycles. The third-order valence-electron chi connectivity index (χ3n) is 8.35. The van der Waals surface area contributed by atoms with Gasteiger partial charge in [-0.3, -0.25) is 4.90 Å². The predicted octanol–water partition coefficient (Wildman–Crippen LogP) is 8.16. The molecule has 6 rings (SSSR count). The summed E-state index contributed by atoms with van der Waals surface area (Å²) in [5.41, 5.74) is 6.69. The van der Waals surface area contributed by atoms with Crippen LogP contribution in [0.1, 0.15) is 40.2 Å². The molecule has 2 atom stereocenters. The highest BCUT2D eigenvalue weighted by molar-refractivity contribution is 8.01. The zero-order chi connectivity index (χ0) is 27.9. The summed E-state index contributed by atoms with van der Waals surface area (Å²) in [6, 6.07) is 55.2. The van der Waals surface area contributed by atoms with E-state index < -0.39 is 0 Å². The normalized spacial score (nSPS) is 17.2. The third kappa shape index (κ3) is 5.90. The fraction of sp³-hybridized carbons (Fsp3) is 0.211. The van der Waals surface area contributed by atoms with Crippen LogP contribution in [0.15, 0.2) is 152 Å². The Balaban J connectivity index is 1.36. The number of rotatable bonds is 10. The standard InChI is InChI=1S/C38H38N2S/c1-40(29-35(30-17-7-2-8-18-30)31-19-9-3-10-20-31)37-36(27-28-39-37)41-38(32-21-11-4-12-22-32,33-23-13-5-14-24-33)34-25-15-6-16-26-34/h2-26,35-37,39H,27-29H2,1H3. The van der Waals surface area contributed by atoms with E-state index in [9.17, 15) is 0 Å². The maximum absolute atomic E-state index is 3.90. The summed E-state index contributed by atoms with van der Waals surface area (Å²) >= 11 is 2.11. The van der Waals surface area contributed by atoms with Crippen molar-refractivity contribution in [3.8, 4) is 0 Å². The van der Waals surface area contributed by atoms with E-state index >= 15 is 0 Å². The molecule has 1 saturated heterocycles. The molecule has 1 aliphatic heterocycles. The van der Waals surface area contributed by atoms with Gasteiger partial charge in [0, 0.05) is 17.7 Å². The fourth-order valence-corrected chi connectivity index (χ4v) is 8.29. The molecule has 0 spiro atoms. The van der Waals surface area contributed by atoms with Crippen LogP contribution in [0.3, 0.4) is 0 Å². The van der Waals surface area contributed by atoms with Crippen LogP contribution >= 0.6 is 11.8 Å². The smallest absolute Gasteiger partial charge is 0.0910 e. The second kappa shape index (κ2) is 12.9. The molecule has 5 aromatic rings. The molecule has 3 heteroatoms. The number of likely N-dealkylation sites (N-methyl/N-ethyl adjacent to an activating group) is 1. The molecule has 1 N–H and O–H groups in total. The number of hydrogen-bond acceptors (Lipinski definition) is 3. The van der Waals surface area contributed by atoms with Crippen molar-refractivity contribution in [2.75, 3.05) is 20.1 Å². The summed E-state index contributed by atoms with van der Waals surface area (Å²) in [5.74, 6) is 0.303. The maximum atomic E-state index is 3.90. The number of nitrogens with one attached hydrogen (secondary N) is 1. The summed E-state index contributed by atoms with van der Waals surface area (Å²) < 4.78 is -0.322. The first kappa shape index (κ1) is 27.5. The van der Waals surface area contributed by atoms with Crippen molar-refractivity contribution < 1.29 is 0 Å². The zero-order valence-electron chi connectivity index (χ0n) is 23.6. The average molecular weight is 555 g/mol. The predicted molar refractivity (Wildman–Crippen MR) is 174 cm³/mol. The van der Waals surface area contributed by atoms with Crippen LogP contribution in [0.2, 0.25) is 0 Å². The monoisotopic (exact) mass is 554 g/mol. The highest BCUT2D eigenvalue weighted by Crippen LogP contribution is 2.52. The minimum absolute atomic E-state index is 0.255. The van der Waals surface area contributed by atoms with Gasteiger partial charge in [-0.05, 0) is 47.8 Å². The summed E-state index contributed by atoms with van der Waals surface area (Å²) in [4.78, 5) is 2.56. The van der Waals surface area contributed by atoms with Crippen molar-refractivity contribution in [3.63, 3.8) is 0 Å². The molecule has 0 amide bonds. The number of thioether (sulfide) groups is 1. The Kier molecular flexibility index (Phi) is 8.67. The summed E-state index contributed by atoms with van der Waals surface area (Å²) in [5, 5.41) is 4.29. The van der Waals surface area contributed by atoms with Crippen molar-refractivity contribution in [2.45, 2.75) is 28.5 Å². The van der Waals surface area contributed by atoms with Gasteiger partial charge in [0.1, 0.15) is 0 Å². The van der Waals surface area contributed by atoms with Crippen molar-refractivity contribution in [3.05, 3.63) is 179 Å². The van der Waals surface area contributed by atoms with Crippen LogP contribution in [0.4, 0.5) is 0 Å². The van der Waals surface area contributed by atoms with Crippen LogP contribution in [-0.2, 0) is 4.75 Å². The first-order valence-corrected chi connectivity index (χ1v) is 15.5. The van der Waals surface area contributed by atoms with E-state index in [1.54, 1.807) is 0 Å². The minimum atomic E-state index is -0.322. The summed E-state index contributed by atoms with van der Waals surface area (Å²) in [7, 11) is 2.30. The zero-order valence-corrected chi connectivity index (χ0v) is 24.5. The Bertz CT molecular complexity index is 1340. The lowest BCUT2D eigenvalue weighted by atomic mass is 9.84. The van der Waals surface area contributed by atoms with E-state index in [0.717, 1.165) is 19.5 Å². The molecule has 0 radical (unpaired) electrons. The van der Waals surface area contributed by atoms with Crippen molar-refractivity contribution >= 4 is 11.8 Å². The van der Waals surface area contributed by atoms with Gasteiger partial charge >= 0.3 is 0 Å². The van der Waals surface area contributed by atoms with E-state index in [1.807, 2.05) is 0 Å². The first-order valence-electron chi connectivity index (χ1n) is 14.6. The molecule has 206 valence electrons. The Labute approximate surface area is 249 Å². The molecule has 0 aromatic heterocycles. The number of benzene rings is 5. The summed E-state index contributed by atoms with van der Waals surface area (Å²) in [6.45, 7) is 1.96. The van der Waals surface area contributed by atoms with Crippen LogP contribution in [-0.4, -0.2) is 36.5 Å². The van der Waals surface area contributed by atoms with Crippen molar-refractivity contribution in [1.82, 2.24) is 10.2 Å². The second-order valence-corrected chi connectivity index (χ2v) is 12.4. The van der Waals surface area contributed by atoms with Gasteiger partial charge in [0.25, 0.3) is 0 Å². The molecule has 2 nitrogen and oxygen atoms in total. The lowest BCUT2D eigenvalue weighted by Gasteiger charge is -2.40. The average Bonchev–Trinajstić information content (AvgIpc) is 3.53. The van der Waals surface area contributed by atoms with Gasteiger partial charge in [0.2, 0.25) is 0 Å². The van der Waals surface area contributed by atoms with E-state index in [4.69, 9.17) is 0 Å². The molecular formula is C38H38N2S. The highest BCUT2D eigenvalue weighted by atomic mass is 32.2. The quantitative estimate of drug-likeness (QED) is 0.175. The van der Waals surface area contributed by atoms with Gasteiger partial charge in [0.05, 0.1) is 10.9 Å². The fourth-order valence-electron chi connectivity index (χ4n) is 6.35. The topological polar surface area (TPSA) is 15.3 Å². The van der Waals surface area contributed by atoms with Crippen molar-refractivity contribution in [2.24, 2.45) is 0 Å². The SMILES string of the molecule is CN(CC(c1ccccc1)c1ccccc1)C1NCCC1SC(c1ccccc1)(c1ccccc1)c1ccccc1. The number of hydrogen-bond donors (Lipinski definition) is 1. The Hall–Kier alpha value is -3.63. The Morgan fingerprint density at radius 1 is 0.634 bits per heavy atom. The molecule has 0 saturated carbocycles. The molecule has 0 bridgehead atoms. The van der Waals surface area contributed by atoms with Gasteiger partial charge in [-0.15, -0.1) is 11.8 Å². The second-order valence-electron chi connectivity index (χ2n) is 10.9. The molecular weight excluding hydrogens is 516 g/mol. The van der Waals surface area contributed by atoms with Crippen LogP contribution in [0.25, 0.3) is 0 Å². The lowest BCUT2D eigenvalue weighted by molar-refractivity contribution is 0.223. The minimum Gasteiger partial charge on any atom is -0.301 e. The van der Waals surface area contributed by atoms with E-state index in [2.05, 4.69) is 181 Å². The highest BCUT2D eigenvalue weighted by Gasteiger charge is 2.43. The van der Waals surface area contributed by atoms with Crippen LogP contribution in [0.5, 0.6) is 0 Å². The summed E-state index contributed by atoms with van der Waals surface area (Å²) in [6.07, 6.45) is 1.38. The van der Waals surface area contributed by atoms with Gasteiger partial charge in [-0.25, -0.2) is 0 Å². The first-order chi connectivity index (χ1) is 20.3. The van der Waals surface area contributed by atoms with Crippen molar-refractivity contribution in [1.29, 1.82) is 0 Å². The lowest BCUT2D eigenvalue weighted by Crippen LogP contribution is -2.47. The number of nitrogens with zero attached hydrogens (tertiary/aromatic N) is 1. The van der Waals surface area contributed by atoms with E-state index in [-0.39, 0.29) is 10.9 Å². The largest absolute Gasteiger partial charge is 0.301 e. The van der Waals surface area contributed by atoms with Gasteiger partial charge in [0.15, 0.2) is 0 Å².